The quantitative estimate of drug-likeness (QED) is 0.382. The molecule has 0 spiro atoms. The normalized spacial score (nSPS) is 28.9. The molecule has 2 aliphatic heterocycles. The first-order valence-electron chi connectivity index (χ1n) is 14.3. The lowest BCUT2D eigenvalue weighted by atomic mass is 9.85. The van der Waals surface area contributed by atoms with Gasteiger partial charge in [0.05, 0.1) is 37.4 Å². The lowest BCUT2D eigenvalue weighted by Gasteiger charge is -2.35. The van der Waals surface area contributed by atoms with E-state index in [4.69, 9.17) is 18.9 Å². The molecule has 3 aliphatic rings. The molecule has 232 valence electrons. The van der Waals surface area contributed by atoms with Gasteiger partial charge >= 0.3 is 18.0 Å². The van der Waals surface area contributed by atoms with E-state index in [2.05, 4.69) is 15.3 Å². The Bertz CT molecular complexity index is 1410. The number of allylic oxidation sites excluding steroid dienone is 1. The fourth-order valence-electron chi connectivity index (χ4n) is 5.70. The second-order valence-electron chi connectivity index (χ2n) is 12.1. The number of aromatic nitrogens is 2. The highest BCUT2D eigenvalue weighted by molar-refractivity contribution is 5.91. The van der Waals surface area contributed by atoms with Crippen LogP contribution in [0.4, 0.5) is 13.6 Å². The van der Waals surface area contributed by atoms with Crippen molar-refractivity contribution in [3.05, 3.63) is 42.1 Å². The first-order valence-corrected chi connectivity index (χ1v) is 14.3. The molecule has 1 unspecified atom stereocenters. The van der Waals surface area contributed by atoms with Gasteiger partial charge in [0.1, 0.15) is 24.3 Å². The second kappa shape index (κ2) is 12.0. The number of esters is 1. The molecule has 5 rings (SSSR count). The molecule has 1 aliphatic carbocycles. The smallest absolute Gasteiger partial charge is 0.408 e. The highest BCUT2D eigenvalue weighted by atomic mass is 19.3. The first kappa shape index (κ1) is 30.6. The van der Waals surface area contributed by atoms with Crippen LogP contribution in [0.5, 0.6) is 5.88 Å². The number of amides is 2. The van der Waals surface area contributed by atoms with Crippen LogP contribution in [0.2, 0.25) is 0 Å². The van der Waals surface area contributed by atoms with Crippen LogP contribution in [0.3, 0.4) is 0 Å². The Balaban J connectivity index is 1.57. The van der Waals surface area contributed by atoms with Crippen LogP contribution in [0, 0.1) is 5.41 Å². The molecule has 3 heterocycles. The monoisotopic (exact) mass is 602 g/mol. The maximum absolute atomic E-state index is 15.7. The zero-order valence-electron chi connectivity index (χ0n) is 24.5. The van der Waals surface area contributed by atoms with Crippen molar-refractivity contribution < 1.29 is 42.1 Å². The predicted molar refractivity (Wildman–Crippen MR) is 149 cm³/mol. The summed E-state index contributed by atoms with van der Waals surface area (Å²) in [5, 5.41) is 2.69. The Kier molecular flexibility index (Phi) is 8.55. The number of methoxy groups -OCH3 is 1. The van der Waals surface area contributed by atoms with E-state index in [1.165, 1.54) is 18.1 Å². The highest BCUT2D eigenvalue weighted by Crippen LogP contribution is 2.37. The van der Waals surface area contributed by atoms with Crippen molar-refractivity contribution >= 4 is 29.0 Å². The summed E-state index contributed by atoms with van der Waals surface area (Å²) in [7, 11) is 1.19. The fraction of sp³-hybridized carbons (Fsp3) is 0.567. The molecule has 2 fully saturated rings. The molecule has 11 nitrogen and oxygen atoms in total. The van der Waals surface area contributed by atoms with Gasteiger partial charge in [-0.2, -0.15) is 8.78 Å². The lowest BCUT2D eigenvalue weighted by molar-refractivity contribution is -0.152. The number of rotatable bonds is 1. The summed E-state index contributed by atoms with van der Waals surface area (Å²) in [4.78, 5) is 49.6. The number of benzene rings is 1. The van der Waals surface area contributed by atoms with Gasteiger partial charge in [0.2, 0.25) is 11.8 Å². The average molecular weight is 603 g/mol. The number of carbonyl (C=O) groups excluding carboxylic acids is 3. The van der Waals surface area contributed by atoms with E-state index in [0.29, 0.717) is 30.9 Å². The third-order valence-corrected chi connectivity index (χ3v) is 7.91. The summed E-state index contributed by atoms with van der Waals surface area (Å²) in [6.45, 7) is 5.01. The van der Waals surface area contributed by atoms with Crippen LogP contribution < -0.4 is 10.1 Å². The Morgan fingerprint density at radius 2 is 1.79 bits per heavy atom. The van der Waals surface area contributed by atoms with Crippen LogP contribution >= 0.6 is 0 Å². The molecule has 43 heavy (non-hydrogen) atoms. The molecule has 1 aromatic carbocycles. The number of nitrogens with one attached hydrogen (secondary N) is 1. The Labute approximate surface area is 247 Å². The maximum Gasteiger partial charge on any atom is 0.408 e. The first-order chi connectivity index (χ1) is 20.4. The van der Waals surface area contributed by atoms with E-state index in [9.17, 15) is 14.4 Å². The van der Waals surface area contributed by atoms with Crippen LogP contribution in [-0.4, -0.2) is 83.5 Å². The number of halogens is 2. The minimum atomic E-state index is -3.60. The predicted octanol–water partition coefficient (Wildman–Crippen LogP) is 3.89. The molecule has 2 bridgehead atoms. The van der Waals surface area contributed by atoms with Gasteiger partial charge in [0.15, 0.2) is 5.69 Å². The van der Waals surface area contributed by atoms with Crippen molar-refractivity contribution in [2.45, 2.75) is 82.8 Å². The van der Waals surface area contributed by atoms with Crippen LogP contribution in [0.15, 0.2) is 36.4 Å². The summed E-state index contributed by atoms with van der Waals surface area (Å²) < 4.78 is 53.8. The second-order valence-corrected chi connectivity index (χ2v) is 12.1. The van der Waals surface area contributed by atoms with E-state index in [1.54, 1.807) is 45.0 Å². The minimum absolute atomic E-state index is 0.0489. The van der Waals surface area contributed by atoms with Crippen molar-refractivity contribution in [1.82, 2.24) is 20.2 Å². The van der Waals surface area contributed by atoms with E-state index in [1.807, 2.05) is 0 Å². The molecular weight excluding hydrogens is 566 g/mol. The highest BCUT2D eigenvalue weighted by Gasteiger charge is 2.47. The minimum Gasteiger partial charge on any atom is -0.471 e. The number of ether oxygens (including phenoxy) is 4. The molecule has 13 heteroatoms. The van der Waals surface area contributed by atoms with Crippen molar-refractivity contribution in [1.29, 1.82) is 0 Å². The molecular formula is C30H36F2N4O7. The number of hydrogen-bond acceptors (Lipinski definition) is 9. The molecule has 0 radical (unpaired) electrons. The Morgan fingerprint density at radius 3 is 2.49 bits per heavy atom. The summed E-state index contributed by atoms with van der Waals surface area (Å²) in [5.41, 5.74) is -0.900. The van der Waals surface area contributed by atoms with Gasteiger partial charge in [-0.3, -0.25) is 4.79 Å². The number of hydrogen-bond donors (Lipinski definition) is 1. The maximum atomic E-state index is 15.7. The molecule has 2 amide bonds. The molecule has 1 saturated carbocycles. The molecule has 2 aromatic rings. The van der Waals surface area contributed by atoms with Crippen LogP contribution in [0.1, 0.15) is 52.1 Å². The largest absolute Gasteiger partial charge is 0.471 e. The zero-order valence-corrected chi connectivity index (χ0v) is 24.5. The van der Waals surface area contributed by atoms with Gasteiger partial charge in [-0.1, -0.05) is 39.0 Å². The van der Waals surface area contributed by atoms with Crippen molar-refractivity contribution in [3.63, 3.8) is 0 Å². The number of para-hydroxylation sites is 2. The fourth-order valence-corrected chi connectivity index (χ4v) is 5.70. The van der Waals surface area contributed by atoms with E-state index >= 15 is 8.78 Å². The van der Waals surface area contributed by atoms with E-state index in [0.717, 1.165) is 0 Å². The lowest BCUT2D eigenvalue weighted by Crippen LogP contribution is -2.57. The standard InChI is InChI=1S/C30H36F2N4O7/c1-29(2,3)24-26(37)36-16-17(15-20(36)27(38)40-4)42-25-23(33-18-9-5-6-10-19(18)34-25)30(31,32)13-8-14-41-21-11-7-12-22(21)43-28(39)35-24/h5-6,8-10,13,17,20-22,24H,7,11-12,14-16H2,1-4H3,(H,35,39)/b13-8+/t17-,20+,21-,22?,24-/m1/s1. The number of nitrogens with zero attached hydrogens (tertiary/aromatic N) is 3. The van der Waals surface area contributed by atoms with E-state index < -0.39 is 71.3 Å². The van der Waals surface area contributed by atoms with Gasteiger partial charge in [-0.15, -0.1) is 0 Å². The summed E-state index contributed by atoms with van der Waals surface area (Å²) in [6, 6.07) is 4.38. The SMILES string of the molecule is COC(=O)[C@@H]1C[C@@H]2CN1C(=O)[C@H](C(C)(C)C)NC(=O)OC1CCC[C@H]1OC/C=C/C(F)(F)c1nc3ccccc3nc1O2. The van der Waals surface area contributed by atoms with Crippen molar-refractivity contribution in [2.24, 2.45) is 5.41 Å². The van der Waals surface area contributed by atoms with Gasteiger partial charge in [-0.05, 0) is 42.9 Å². The molecule has 1 N–H and O–H groups in total. The molecule has 5 atom stereocenters. The topological polar surface area (TPSA) is 129 Å². The summed E-state index contributed by atoms with van der Waals surface area (Å²) in [5.74, 6) is -5.28. The van der Waals surface area contributed by atoms with Crippen molar-refractivity contribution in [3.8, 4) is 5.88 Å². The Morgan fingerprint density at radius 1 is 1.09 bits per heavy atom. The van der Waals surface area contributed by atoms with E-state index in [-0.39, 0.29) is 25.1 Å². The molecule has 1 saturated heterocycles. The van der Waals surface area contributed by atoms with Crippen LogP contribution in [-0.2, 0) is 29.7 Å². The average Bonchev–Trinajstić information content (AvgIpc) is 3.58. The van der Waals surface area contributed by atoms with Gasteiger partial charge < -0.3 is 29.2 Å². The molecule has 1 aromatic heterocycles. The van der Waals surface area contributed by atoms with Gasteiger partial charge in [0, 0.05) is 6.42 Å². The zero-order chi connectivity index (χ0) is 30.9. The van der Waals surface area contributed by atoms with Gasteiger partial charge in [-0.25, -0.2) is 19.6 Å². The summed E-state index contributed by atoms with van der Waals surface area (Å²) in [6.07, 6.45) is 0.799. The van der Waals surface area contributed by atoms with Crippen molar-refractivity contribution in [2.75, 3.05) is 20.3 Å². The number of carbonyl (C=O) groups is 3. The number of alkyl carbamates (subject to hydrolysis) is 1. The third-order valence-electron chi connectivity index (χ3n) is 7.91. The number of fused-ring (bicyclic) bond motifs is 5. The van der Waals surface area contributed by atoms with Gasteiger partial charge in [0.25, 0.3) is 0 Å². The van der Waals surface area contributed by atoms with Crippen LogP contribution in [0.25, 0.3) is 11.0 Å². The Hall–Kier alpha value is -3.87. The third kappa shape index (κ3) is 6.56. The number of alkyl halides is 2. The summed E-state index contributed by atoms with van der Waals surface area (Å²) >= 11 is 0.